The van der Waals surface area contributed by atoms with Crippen molar-refractivity contribution in [1.82, 2.24) is 5.32 Å². The molecule has 1 rings (SSSR count). The number of aliphatic hydroxyl groups is 1. The second-order valence-corrected chi connectivity index (χ2v) is 4.28. The standard InChI is InChI=1S/C11H19NO4/c1-7-4-3-5-8(7)10(14)12-9(6-13)11(15)16-2/h7-9,13H,3-6H2,1-2H3,(H,12,14). The van der Waals surface area contributed by atoms with E-state index in [2.05, 4.69) is 10.1 Å². The first kappa shape index (κ1) is 13.0. The van der Waals surface area contributed by atoms with Crippen LogP contribution >= 0.6 is 0 Å². The number of methoxy groups -OCH3 is 1. The van der Waals surface area contributed by atoms with Gasteiger partial charge in [0, 0.05) is 5.92 Å². The summed E-state index contributed by atoms with van der Waals surface area (Å²) in [5.41, 5.74) is 0. The summed E-state index contributed by atoms with van der Waals surface area (Å²) in [5.74, 6) is -0.466. The van der Waals surface area contributed by atoms with Crippen molar-refractivity contribution in [3.63, 3.8) is 0 Å². The number of ether oxygens (including phenoxy) is 1. The molecule has 0 aromatic carbocycles. The first-order valence-electron chi connectivity index (χ1n) is 5.59. The third kappa shape index (κ3) is 2.95. The molecular formula is C11H19NO4. The molecule has 0 aliphatic heterocycles. The third-order valence-corrected chi connectivity index (χ3v) is 3.18. The smallest absolute Gasteiger partial charge is 0.330 e. The molecular weight excluding hydrogens is 210 g/mol. The summed E-state index contributed by atoms with van der Waals surface area (Å²) in [6.07, 6.45) is 2.94. The van der Waals surface area contributed by atoms with Gasteiger partial charge in [0.2, 0.25) is 5.91 Å². The van der Waals surface area contributed by atoms with E-state index in [1.165, 1.54) is 7.11 Å². The number of hydrogen-bond acceptors (Lipinski definition) is 4. The number of esters is 1. The molecule has 0 bridgehead atoms. The third-order valence-electron chi connectivity index (χ3n) is 3.18. The van der Waals surface area contributed by atoms with Gasteiger partial charge in [-0.3, -0.25) is 4.79 Å². The van der Waals surface area contributed by atoms with Crippen LogP contribution < -0.4 is 5.32 Å². The zero-order valence-corrected chi connectivity index (χ0v) is 9.73. The Morgan fingerprint density at radius 2 is 2.19 bits per heavy atom. The first-order valence-corrected chi connectivity index (χ1v) is 5.59. The molecule has 1 saturated carbocycles. The fraction of sp³-hybridized carbons (Fsp3) is 0.818. The predicted octanol–water partition coefficient (Wildman–Crippen LogP) is 0.0727. The first-order chi connectivity index (χ1) is 7.60. The fourth-order valence-corrected chi connectivity index (χ4v) is 2.14. The molecule has 3 atom stereocenters. The molecule has 0 aromatic rings. The maximum absolute atomic E-state index is 11.8. The number of rotatable bonds is 4. The van der Waals surface area contributed by atoms with Crippen LogP contribution in [0.3, 0.4) is 0 Å². The van der Waals surface area contributed by atoms with Gasteiger partial charge in [0.25, 0.3) is 0 Å². The van der Waals surface area contributed by atoms with Crippen LogP contribution in [0.15, 0.2) is 0 Å². The Hall–Kier alpha value is -1.10. The van der Waals surface area contributed by atoms with Gasteiger partial charge in [-0.05, 0) is 18.8 Å². The molecule has 3 unspecified atom stereocenters. The van der Waals surface area contributed by atoms with E-state index < -0.39 is 18.6 Å². The van der Waals surface area contributed by atoms with Crippen LogP contribution in [0.5, 0.6) is 0 Å². The van der Waals surface area contributed by atoms with E-state index in [0.717, 1.165) is 19.3 Å². The molecule has 92 valence electrons. The van der Waals surface area contributed by atoms with Crippen molar-refractivity contribution >= 4 is 11.9 Å². The van der Waals surface area contributed by atoms with Crippen LogP contribution in [0.1, 0.15) is 26.2 Å². The Balaban J connectivity index is 2.51. The monoisotopic (exact) mass is 229 g/mol. The number of carbonyl (C=O) groups excluding carboxylic acids is 2. The van der Waals surface area contributed by atoms with E-state index in [9.17, 15) is 9.59 Å². The summed E-state index contributed by atoms with van der Waals surface area (Å²) in [7, 11) is 1.23. The highest BCUT2D eigenvalue weighted by Crippen LogP contribution is 2.31. The minimum absolute atomic E-state index is 0.0429. The van der Waals surface area contributed by atoms with Crippen molar-refractivity contribution in [2.75, 3.05) is 13.7 Å². The van der Waals surface area contributed by atoms with Crippen molar-refractivity contribution in [2.24, 2.45) is 11.8 Å². The SMILES string of the molecule is COC(=O)C(CO)NC(=O)C1CCCC1C. The van der Waals surface area contributed by atoms with E-state index >= 15 is 0 Å². The van der Waals surface area contributed by atoms with E-state index in [-0.39, 0.29) is 11.8 Å². The maximum atomic E-state index is 11.8. The Morgan fingerprint density at radius 3 is 2.62 bits per heavy atom. The van der Waals surface area contributed by atoms with Crippen LogP contribution in [0.2, 0.25) is 0 Å². The quantitative estimate of drug-likeness (QED) is 0.669. The molecule has 16 heavy (non-hydrogen) atoms. The molecule has 2 N–H and O–H groups in total. The van der Waals surface area contributed by atoms with Crippen molar-refractivity contribution in [3.05, 3.63) is 0 Å². The van der Waals surface area contributed by atoms with Gasteiger partial charge in [0.15, 0.2) is 6.04 Å². The number of aliphatic hydroxyl groups excluding tert-OH is 1. The highest BCUT2D eigenvalue weighted by atomic mass is 16.5. The zero-order valence-electron chi connectivity index (χ0n) is 9.73. The maximum Gasteiger partial charge on any atom is 0.330 e. The molecule has 5 heteroatoms. The minimum atomic E-state index is -0.940. The molecule has 1 amide bonds. The van der Waals surface area contributed by atoms with E-state index in [1.807, 2.05) is 6.92 Å². The van der Waals surface area contributed by atoms with Crippen LogP contribution in [0.4, 0.5) is 0 Å². The fourth-order valence-electron chi connectivity index (χ4n) is 2.14. The normalized spacial score (nSPS) is 26.2. The Morgan fingerprint density at radius 1 is 1.50 bits per heavy atom. The summed E-state index contributed by atoms with van der Waals surface area (Å²) in [6.45, 7) is 1.60. The predicted molar refractivity (Wildman–Crippen MR) is 57.5 cm³/mol. The lowest BCUT2D eigenvalue weighted by Gasteiger charge is -2.19. The van der Waals surface area contributed by atoms with E-state index in [0.29, 0.717) is 5.92 Å². The molecule has 1 fully saturated rings. The molecule has 5 nitrogen and oxygen atoms in total. The molecule has 0 spiro atoms. The Kier molecular flexibility index (Phi) is 4.73. The minimum Gasteiger partial charge on any atom is -0.467 e. The zero-order chi connectivity index (χ0) is 12.1. The van der Waals surface area contributed by atoms with Gasteiger partial charge < -0.3 is 15.2 Å². The lowest BCUT2D eigenvalue weighted by Crippen LogP contribution is -2.46. The summed E-state index contributed by atoms with van der Waals surface area (Å²) in [5, 5.41) is 11.5. The van der Waals surface area contributed by atoms with Crippen LogP contribution in [-0.2, 0) is 14.3 Å². The lowest BCUT2D eigenvalue weighted by molar-refractivity contribution is -0.146. The van der Waals surface area contributed by atoms with Crippen LogP contribution in [0.25, 0.3) is 0 Å². The number of carbonyl (C=O) groups is 2. The second kappa shape index (κ2) is 5.84. The van der Waals surface area contributed by atoms with Crippen molar-refractivity contribution in [1.29, 1.82) is 0 Å². The molecule has 0 radical (unpaired) electrons. The van der Waals surface area contributed by atoms with E-state index in [1.54, 1.807) is 0 Å². The lowest BCUT2D eigenvalue weighted by atomic mass is 9.97. The van der Waals surface area contributed by atoms with Crippen LogP contribution in [-0.4, -0.2) is 36.7 Å². The molecule has 0 aromatic heterocycles. The Labute approximate surface area is 95.2 Å². The van der Waals surface area contributed by atoms with Gasteiger partial charge in [0.05, 0.1) is 13.7 Å². The van der Waals surface area contributed by atoms with Gasteiger partial charge in [-0.2, -0.15) is 0 Å². The highest BCUT2D eigenvalue weighted by Gasteiger charge is 2.32. The largest absolute Gasteiger partial charge is 0.467 e. The molecule has 0 saturated heterocycles. The van der Waals surface area contributed by atoms with Gasteiger partial charge in [0.1, 0.15) is 0 Å². The van der Waals surface area contributed by atoms with Gasteiger partial charge in [-0.15, -0.1) is 0 Å². The molecule has 1 aliphatic rings. The summed E-state index contributed by atoms with van der Waals surface area (Å²) >= 11 is 0. The Bertz CT molecular complexity index is 267. The van der Waals surface area contributed by atoms with Crippen molar-refractivity contribution < 1.29 is 19.4 Å². The van der Waals surface area contributed by atoms with Gasteiger partial charge in [-0.25, -0.2) is 4.79 Å². The van der Waals surface area contributed by atoms with Crippen LogP contribution in [0, 0.1) is 11.8 Å². The van der Waals surface area contributed by atoms with Crippen molar-refractivity contribution in [2.45, 2.75) is 32.2 Å². The molecule has 0 heterocycles. The average Bonchev–Trinajstić information content (AvgIpc) is 2.71. The number of amides is 1. The number of nitrogens with one attached hydrogen (secondary N) is 1. The number of hydrogen-bond donors (Lipinski definition) is 2. The van der Waals surface area contributed by atoms with Crippen molar-refractivity contribution in [3.8, 4) is 0 Å². The summed E-state index contributed by atoms with van der Waals surface area (Å²) in [4.78, 5) is 23.0. The highest BCUT2D eigenvalue weighted by molar-refractivity contribution is 5.86. The van der Waals surface area contributed by atoms with E-state index in [4.69, 9.17) is 5.11 Å². The molecule has 1 aliphatic carbocycles. The summed E-state index contributed by atoms with van der Waals surface area (Å²) < 4.78 is 4.48. The topological polar surface area (TPSA) is 75.6 Å². The van der Waals surface area contributed by atoms with Gasteiger partial charge in [-0.1, -0.05) is 13.3 Å². The second-order valence-electron chi connectivity index (χ2n) is 4.28. The van der Waals surface area contributed by atoms with Gasteiger partial charge >= 0.3 is 5.97 Å². The average molecular weight is 229 g/mol. The summed E-state index contributed by atoms with van der Waals surface area (Å²) in [6, 6.07) is -0.940.